The Morgan fingerprint density at radius 3 is 2.44 bits per heavy atom. The summed E-state index contributed by atoms with van der Waals surface area (Å²) in [4.78, 5) is 0. The average molecular weight is 298 g/mol. The molecule has 90 valence electrons. The molecule has 0 aliphatic rings. The van der Waals surface area contributed by atoms with E-state index in [1.165, 1.54) is 13.2 Å². The third kappa shape index (κ3) is 2.89. The van der Waals surface area contributed by atoms with Gasteiger partial charge in [0.2, 0.25) is 0 Å². The summed E-state index contributed by atoms with van der Waals surface area (Å²) in [5, 5.41) is 0. The molecule has 6 heteroatoms. The number of benzene rings is 1. The molecule has 1 rings (SSSR count). The summed E-state index contributed by atoms with van der Waals surface area (Å²) in [6.45, 7) is 0.169. The highest BCUT2D eigenvalue weighted by Crippen LogP contribution is 2.38. The lowest BCUT2D eigenvalue weighted by Crippen LogP contribution is -2.13. The van der Waals surface area contributed by atoms with Crippen molar-refractivity contribution in [2.75, 3.05) is 13.7 Å². The summed E-state index contributed by atoms with van der Waals surface area (Å²) in [6.07, 6.45) is -4.21. The van der Waals surface area contributed by atoms with Crippen LogP contribution in [0.15, 0.2) is 16.6 Å². The molecule has 0 aliphatic carbocycles. The van der Waals surface area contributed by atoms with Crippen LogP contribution < -0.4 is 10.5 Å². The van der Waals surface area contributed by atoms with E-state index in [1.807, 2.05) is 0 Å². The van der Waals surface area contributed by atoms with E-state index in [9.17, 15) is 13.2 Å². The summed E-state index contributed by atoms with van der Waals surface area (Å²) in [5.41, 5.74) is 4.75. The highest BCUT2D eigenvalue weighted by Gasteiger charge is 2.34. The second-order valence-electron chi connectivity index (χ2n) is 3.18. The van der Waals surface area contributed by atoms with Crippen molar-refractivity contribution >= 4 is 15.9 Å². The summed E-state index contributed by atoms with van der Waals surface area (Å²) in [5.74, 6) is 0.160. The largest absolute Gasteiger partial charge is 0.496 e. The molecular formula is C10H11BrF3NO. The van der Waals surface area contributed by atoms with Crippen molar-refractivity contribution in [3.63, 3.8) is 0 Å². The molecule has 0 aromatic heterocycles. The topological polar surface area (TPSA) is 35.2 Å². The minimum atomic E-state index is -4.39. The molecule has 0 saturated heterocycles. The van der Waals surface area contributed by atoms with Crippen molar-refractivity contribution < 1.29 is 17.9 Å². The Hall–Kier alpha value is -0.750. The van der Waals surface area contributed by atoms with Crippen molar-refractivity contribution in [2.24, 2.45) is 5.73 Å². The first-order chi connectivity index (χ1) is 7.40. The predicted octanol–water partition coefficient (Wildman–Crippen LogP) is 2.98. The molecule has 1 aromatic carbocycles. The fourth-order valence-corrected chi connectivity index (χ4v) is 1.93. The van der Waals surface area contributed by atoms with Crippen LogP contribution >= 0.6 is 15.9 Å². The number of nitrogens with two attached hydrogens (primary N) is 1. The van der Waals surface area contributed by atoms with Gasteiger partial charge in [0.05, 0.1) is 17.1 Å². The van der Waals surface area contributed by atoms with Crippen molar-refractivity contribution in [3.05, 3.63) is 27.7 Å². The zero-order valence-corrected chi connectivity index (χ0v) is 10.2. The Morgan fingerprint density at radius 2 is 2.00 bits per heavy atom. The molecule has 0 unspecified atom stereocenters. The van der Waals surface area contributed by atoms with Gasteiger partial charge in [-0.25, -0.2) is 0 Å². The number of ether oxygens (including phenoxy) is 1. The Morgan fingerprint density at radius 1 is 1.38 bits per heavy atom. The SMILES string of the molecule is COc1cc(C(F)(F)F)c(CCN)cc1Br. The fourth-order valence-electron chi connectivity index (χ4n) is 1.38. The molecule has 0 amide bonds. The van der Waals surface area contributed by atoms with Crippen molar-refractivity contribution in [1.29, 1.82) is 0 Å². The standard InChI is InChI=1S/C10H11BrF3NO/c1-16-9-5-7(10(12,13)14)6(2-3-15)4-8(9)11/h4-5H,2-3,15H2,1H3. The quantitative estimate of drug-likeness (QED) is 0.931. The van der Waals surface area contributed by atoms with Gasteiger partial charge in [-0.15, -0.1) is 0 Å². The van der Waals surface area contributed by atoms with Crippen LogP contribution in [0, 0.1) is 0 Å². The summed E-state index contributed by atoms with van der Waals surface area (Å²) >= 11 is 3.15. The number of hydrogen-bond acceptors (Lipinski definition) is 2. The van der Waals surface area contributed by atoms with Crippen LogP contribution in [-0.4, -0.2) is 13.7 Å². The van der Waals surface area contributed by atoms with E-state index in [1.54, 1.807) is 0 Å². The van der Waals surface area contributed by atoms with E-state index in [-0.39, 0.29) is 24.3 Å². The molecule has 0 atom stereocenters. The second kappa shape index (κ2) is 5.05. The molecule has 2 N–H and O–H groups in total. The van der Waals surface area contributed by atoms with E-state index in [2.05, 4.69) is 15.9 Å². The third-order valence-electron chi connectivity index (χ3n) is 2.10. The molecule has 0 spiro atoms. The number of methoxy groups -OCH3 is 1. The molecule has 16 heavy (non-hydrogen) atoms. The Kier molecular flexibility index (Phi) is 4.21. The smallest absolute Gasteiger partial charge is 0.416 e. The maximum atomic E-state index is 12.7. The lowest BCUT2D eigenvalue weighted by atomic mass is 10.0. The monoisotopic (exact) mass is 297 g/mol. The van der Waals surface area contributed by atoms with Gasteiger partial charge in [-0.3, -0.25) is 0 Å². The van der Waals surface area contributed by atoms with Crippen molar-refractivity contribution in [3.8, 4) is 5.75 Å². The van der Waals surface area contributed by atoms with Gasteiger partial charge in [0, 0.05) is 0 Å². The van der Waals surface area contributed by atoms with Gasteiger partial charge in [0.1, 0.15) is 5.75 Å². The molecule has 0 bridgehead atoms. The van der Waals surface area contributed by atoms with E-state index >= 15 is 0 Å². The van der Waals surface area contributed by atoms with Gasteiger partial charge < -0.3 is 10.5 Å². The van der Waals surface area contributed by atoms with Gasteiger partial charge in [0.15, 0.2) is 0 Å². The normalized spacial score (nSPS) is 11.6. The zero-order chi connectivity index (χ0) is 12.3. The summed E-state index contributed by atoms with van der Waals surface area (Å²) < 4.78 is 43.5. The van der Waals surface area contributed by atoms with Crippen LogP contribution in [-0.2, 0) is 12.6 Å². The van der Waals surface area contributed by atoms with Crippen molar-refractivity contribution in [2.45, 2.75) is 12.6 Å². The molecule has 0 aliphatic heterocycles. The highest BCUT2D eigenvalue weighted by molar-refractivity contribution is 9.10. The van der Waals surface area contributed by atoms with E-state index in [4.69, 9.17) is 10.5 Å². The fraction of sp³-hybridized carbons (Fsp3) is 0.400. The third-order valence-corrected chi connectivity index (χ3v) is 2.72. The predicted molar refractivity (Wildman–Crippen MR) is 58.5 cm³/mol. The van der Waals surface area contributed by atoms with Crippen LogP contribution in [0.2, 0.25) is 0 Å². The Balaban J connectivity index is 3.31. The first-order valence-electron chi connectivity index (χ1n) is 4.53. The van der Waals surface area contributed by atoms with Crippen LogP contribution in [0.3, 0.4) is 0 Å². The van der Waals surface area contributed by atoms with E-state index in [0.717, 1.165) is 6.07 Å². The van der Waals surface area contributed by atoms with Crippen LogP contribution in [0.1, 0.15) is 11.1 Å². The Labute approximate surface area is 99.7 Å². The number of alkyl halides is 3. The number of hydrogen-bond donors (Lipinski definition) is 1. The lowest BCUT2D eigenvalue weighted by molar-refractivity contribution is -0.138. The molecule has 0 saturated carbocycles. The number of rotatable bonds is 3. The second-order valence-corrected chi connectivity index (χ2v) is 4.03. The first kappa shape index (κ1) is 13.3. The molecule has 0 heterocycles. The maximum Gasteiger partial charge on any atom is 0.416 e. The highest BCUT2D eigenvalue weighted by atomic mass is 79.9. The lowest BCUT2D eigenvalue weighted by Gasteiger charge is -2.15. The van der Waals surface area contributed by atoms with Crippen LogP contribution in [0.5, 0.6) is 5.75 Å². The van der Waals surface area contributed by atoms with Crippen LogP contribution in [0.4, 0.5) is 13.2 Å². The van der Waals surface area contributed by atoms with E-state index in [0.29, 0.717) is 4.47 Å². The molecule has 0 fully saturated rings. The summed E-state index contributed by atoms with van der Waals surface area (Å²) in [6, 6.07) is 2.38. The first-order valence-corrected chi connectivity index (χ1v) is 5.33. The van der Waals surface area contributed by atoms with Gasteiger partial charge in [0.25, 0.3) is 0 Å². The maximum absolute atomic E-state index is 12.7. The van der Waals surface area contributed by atoms with Gasteiger partial charge in [-0.2, -0.15) is 13.2 Å². The zero-order valence-electron chi connectivity index (χ0n) is 8.57. The summed E-state index contributed by atoms with van der Waals surface area (Å²) in [7, 11) is 1.32. The minimum Gasteiger partial charge on any atom is -0.496 e. The Bertz CT molecular complexity index is 379. The molecule has 0 radical (unpaired) electrons. The van der Waals surface area contributed by atoms with Crippen LogP contribution in [0.25, 0.3) is 0 Å². The van der Waals surface area contributed by atoms with Gasteiger partial charge >= 0.3 is 6.18 Å². The number of halogens is 4. The van der Waals surface area contributed by atoms with E-state index < -0.39 is 11.7 Å². The molecular weight excluding hydrogens is 287 g/mol. The minimum absolute atomic E-state index is 0.160. The van der Waals surface area contributed by atoms with Gasteiger partial charge in [-0.1, -0.05) is 0 Å². The van der Waals surface area contributed by atoms with Gasteiger partial charge in [-0.05, 0) is 46.6 Å². The molecule has 1 aromatic rings. The van der Waals surface area contributed by atoms with Crippen molar-refractivity contribution in [1.82, 2.24) is 0 Å². The molecule has 2 nitrogen and oxygen atoms in total. The average Bonchev–Trinajstić information content (AvgIpc) is 2.16.